The van der Waals surface area contributed by atoms with E-state index in [-0.39, 0.29) is 11.6 Å². The Morgan fingerprint density at radius 3 is 2.76 bits per heavy atom. The molecule has 0 bridgehead atoms. The van der Waals surface area contributed by atoms with Gasteiger partial charge in [0.2, 0.25) is 5.91 Å². The lowest BCUT2D eigenvalue weighted by atomic mass is 10.1. The molecule has 1 heterocycles. The summed E-state index contributed by atoms with van der Waals surface area (Å²) < 4.78 is 0. The molecular formula is C12H14N2O3. The molecule has 1 fully saturated rings. The summed E-state index contributed by atoms with van der Waals surface area (Å²) in [5.74, 6) is 0.0920. The lowest BCUT2D eigenvalue weighted by Gasteiger charge is -2.26. The van der Waals surface area contributed by atoms with E-state index in [9.17, 15) is 14.9 Å². The smallest absolute Gasteiger partial charge is 0.274 e. The topological polar surface area (TPSA) is 63.5 Å². The summed E-state index contributed by atoms with van der Waals surface area (Å²) in [6.45, 7) is 1.04. The molecule has 0 unspecified atom stereocenters. The average Bonchev–Trinajstić information content (AvgIpc) is 2.32. The number of likely N-dealkylation sites (tertiary alicyclic amines) is 1. The van der Waals surface area contributed by atoms with Crippen LogP contribution in [0.1, 0.15) is 24.8 Å². The van der Waals surface area contributed by atoms with E-state index >= 15 is 0 Å². The first-order valence-electron chi connectivity index (χ1n) is 5.68. The second-order valence-corrected chi connectivity index (χ2v) is 4.16. The highest BCUT2D eigenvalue weighted by Gasteiger charge is 2.21. The van der Waals surface area contributed by atoms with Crippen molar-refractivity contribution in [2.24, 2.45) is 0 Å². The van der Waals surface area contributed by atoms with Gasteiger partial charge in [0.1, 0.15) is 0 Å². The SMILES string of the molecule is O=C1CCCCN1Cc1ccccc1[N+](=O)[O-]. The number of para-hydroxylation sites is 1. The number of hydrogen-bond donors (Lipinski definition) is 0. The maximum Gasteiger partial charge on any atom is 0.274 e. The van der Waals surface area contributed by atoms with Crippen LogP contribution in [-0.2, 0) is 11.3 Å². The Bertz CT molecular complexity index is 445. The van der Waals surface area contributed by atoms with Gasteiger partial charge in [-0.1, -0.05) is 18.2 Å². The number of nitrogens with zero attached hydrogens (tertiary/aromatic N) is 2. The van der Waals surface area contributed by atoms with E-state index in [1.807, 2.05) is 0 Å². The highest BCUT2D eigenvalue weighted by Crippen LogP contribution is 2.21. The van der Waals surface area contributed by atoms with Gasteiger partial charge in [-0.2, -0.15) is 0 Å². The largest absolute Gasteiger partial charge is 0.338 e. The van der Waals surface area contributed by atoms with Crippen LogP contribution in [0.25, 0.3) is 0 Å². The molecule has 5 heteroatoms. The van der Waals surface area contributed by atoms with Crippen molar-refractivity contribution in [1.29, 1.82) is 0 Å². The molecule has 0 radical (unpaired) electrons. The van der Waals surface area contributed by atoms with Crippen LogP contribution in [0.2, 0.25) is 0 Å². The number of amides is 1. The van der Waals surface area contributed by atoms with Crippen molar-refractivity contribution < 1.29 is 9.72 Å². The van der Waals surface area contributed by atoms with Crippen molar-refractivity contribution in [3.8, 4) is 0 Å². The van der Waals surface area contributed by atoms with E-state index in [0.29, 0.717) is 25.1 Å². The molecule has 1 aromatic rings. The lowest BCUT2D eigenvalue weighted by molar-refractivity contribution is -0.385. The van der Waals surface area contributed by atoms with Crippen LogP contribution in [0, 0.1) is 10.1 Å². The fourth-order valence-corrected chi connectivity index (χ4v) is 2.06. The van der Waals surface area contributed by atoms with Gasteiger partial charge in [0.05, 0.1) is 11.5 Å². The van der Waals surface area contributed by atoms with Gasteiger partial charge < -0.3 is 4.90 Å². The summed E-state index contributed by atoms with van der Waals surface area (Å²) in [6.07, 6.45) is 2.46. The van der Waals surface area contributed by atoms with Crippen LogP contribution in [0.4, 0.5) is 5.69 Å². The maximum absolute atomic E-state index is 11.6. The molecule has 0 atom stereocenters. The predicted molar refractivity (Wildman–Crippen MR) is 62.4 cm³/mol. The molecule has 1 aromatic carbocycles. The molecule has 1 aliphatic heterocycles. The minimum atomic E-state index is -0.399. The van der Waals surface area contributed by atoms with E-state index in [0.717, 1.165) is 12.8 Å². The summed E-state index contributed by atoms with van der Waals surface area (Å²) in [6, 6.07) is 6.58. The van der Waals surface area contributed by atoms with E-state index in [4.69, 9.17) is 0 Å². The zero-order chi connectivity index (χ0) is 12.3. The van der Waals surface area contributed by atoms with Gasteiger partial charge in [-0.15, -0.1) is 0 Å². The fraction of sp³-hybridized carbons (Fsp3) is 0.417. The third kappa shape index (κ3) is 2.61. The summed E-state index contributed by atoms with van der Waals surface area (Å²) >= 11 is 0. The van der Waals surface area contributed by atoms with Crippen LogP contribution in [-0.4, -0.2) is 22.3 Å². The van der Waals surface area contributed by atoms with Gasteiger partial charge in [-0.3, -0.25) is 14.9 Å². The number of hydrogen-bond acceptors (Lipinski definition) is 3. The van der Waals surface area contributed by atoms with Gasteiger partial charge in [0.15, 0.2) is 0 Å². The third-order valence-corrected chi connectivity index (χ3v) is 2.97. The van der Waals surface area contributed by atoms with E-state index in [1.165, 1.54) is 6.07 Å². The van der Waals surface area contributed by atoms with Crippen molar-refractivity contribution >= 4 is 11.6 Å². The first-order valence-corrected chi connectivity index (χ1v) is 5.68. The summed E-state index contributed by atoms with van der Waals surface area (Å²) in [5, 5.41) is 10.8. The molecule has 0 aliphatic carbocycles. The van der Waals surface area contributed by atoms with Crippen molar-refractivity contribution in [2.75, 3.05) is 6.54 Å². The molecule has 0 saturated carbocycles. The molecule has 1 saturated heterocycles. The van der Waals surface area contributed by atoms with Crippen molar-refractivity contribution in [1.82, 2.24) is 4.90 Å². The fourth-order valence-electron chi connectivity index (χ4n) is 2.06. The molecule has 1 aliphatic rings. The average molecular weight is 234 g/mol. The minimum Gasteiger partial charge on any atom is -0.338 e. The Morgan fingerprint density at radius 2 is 2.06 bits per heavy atom. The van der Waals surface area contributed by atoms with Crippen LogP contribution in [0.5, 0.6) is 0 Å². The maximum atomic E-state index is 11.6. The molecule has 5 nitrogen and oxygen atoms in total. The molecule has 0 aromatic heterocycles. The minimum absolute atomic E-state index is 0.0888. The lowest BCUT2D eigenvalue weighted by Crippen LogP contribution is -2.34. The molecule has 1 amide bonds. The first kappa shape index (κ1) is 11.6. The van der Waals surface area contributed by atoms with Crippen molar-refractivity contribution in [3.63, 3.8) is 0 Å². The van der Waals surface area contributed by atoms with Gasteiger partial charge >= 0.3 is 0 Å². The number of benzene rings is 1. The number of carbonyl (C=O) groups excluding carboxylic acids is 1. The van der Waals surface area contributed by atoms with E-state index in [1.54, 1.807) is 23.1 Å². The zero-order valence-corrected chi connectivity index (χ0v) is 9.46. The number of nitro benzene ring substituents is 1. The monoisotopic (exact) mass is 234 g/mol. The third-order valence-electron chi connectivity index (χ3n) is 2.97. The van der Waals surface area contributed by atoms with Crippen LogP contribution < -0.4 is 0 Å². The van der Waals surface area contributed by atoms with Gasteiger partial charge in [-0.25, -0.2) is 0 Å². The molecular weight excluding hydrogens is 220 g/mol. The predicted octanol–water partition coefficient (Wildman–Crippen LogP) is 2.11. The number of carbonyl (C=O) groups is 1. The van der Waals surface area contributed by atoms with Crippen molar-refractivity contribution in [2.45, 2.75) is 25.8 Å². The quantitative estimate of drug-likeness (QED) is 0.594. The molecule has 90 valence electrons. The Labute approximate surface area is 99.2 Å². The Morgan fingerprint density at radius 1 is 1.29 bits per heavy atom. The zero-order valence-electron chi connectivity index (χ0n) is 9.46. The number of nitro groups is 1. The van der Waals surface area contributed by atoms with Gasteiger partial charge in [-0.05, 0) is 12.8 Å². The summed E-state index contributed by atoms with van der Waals surface area (Å²) in [5.41, 5.74) is 0.693. The Hall–Kier alpha value is -1.91. The highest BCUT2D eigenvalue weighted by molar-refractivity contribution is 5.76. The first-order chi connectivity index (χ1) is 8.18. The summed E-state index contributed by atoms with van der Waals surface area (Å²) in [4.78, 5) is 23.8. The normalized spacial score (nSPS) is 16.0. The molecule has 0 N–H and O–H groups in total. The Kier molecular flexibility index (Phi) is 3.37. The number of rotatable bonds is 3. The highest BCUT2D eigenvalue weighted by atomic mass is 16.6. The van der Waals surface area contributed by atoms with Crippen LogP contribution >= 0.6 is 0 Å². The van der Waals surface area contributed by atoms with E-state index in [2.05, 4.69) is 0 Å². The Balaban J connectivity index is 2.17. The number of piperidine rings is 1. The molecule has 17 heavy (non-hydrogen) atoms. The van der Waals surface area contributed by atoms with Crippen LogP contribution in [0.15, 0.2) is 24.3 Å². The van der Waals surface area contributed by atoms with Gasteiger partial charge in [0, 0.05) is 24.6 Å². The van der Waals surface area contributed by atoms with Crippen LogP contribution in [0.3, 0.4) is 0 Å². The molecule has 2 rings (SSSR count). The standard InChI is InChI=1S/C12H14N2O3/c15-12-7-3-4-8-13(12)9-10-5-1-2-6-11(10)14(16)17/h1-2,5-6H,3-4,7-9H2. The second kappa shape index (κ2) is 4.95. The van der Waals surface area contributed by atoms with E-state index < -0.39 is 4.92 Å². The van der Waals surface area contributed by atoms with Crippen molar-refractivity contribution in [3.05, 3.63) is 39.9 Å². The molecule has 0 spiro atoms. The second-order valence-electron chi connectivity index (χ2n) is 4.16. The van der Waals surface area contributed by atoms with Gasteiger partial charge in [0.25, 0.3) is 5.69 Å². The summed E-state index contributed by atoms with van der Waals surface area (Å²) in [7, 11) is 0.